The summed E-state index contributed by atoms with van der Waals surface area (Å²) in [5.74, 6) is 0. The molecule has 2 aromatic rings. The van der Waals surface area contributed by atoms with E-state index in [-0.39, 0.29) is 0 Å². The maximum Gasteiger partial charge on any atom is 0.0907 e. The highest BCUT2D eigenvalue weighted by Crippen LogP contribution is 2.26. The zero-order valence-electron chi connectivity index (χ0n) is 12.4. The van der Waals surface area contributed by atoms with Crippen molar-refractivity contribution in [3.63, 3.8) is 0 Å². The highest BCUT2D eigenvalue weighted by Gasteiger charge is 2.16. The lowest BCUT2D eigenvalue weighted by atomic mass is 10.1. The number of fused-ring (bicyclic) bond motifs is 1. The molecule has 1 unspecified atom stereocenters. The molecule has 1 fully saturated rings. The van der Waals surface area contributed by atoms with Crippen molar-refractivity contribution in [3.05, 3.63) is 23.2 Å². The van der Waals surface area contributed by atoms with Gasteiger partial charge in [-0.2, -0.15) is 0 Å². The second-order valence-corrected chi connectivity index (χ2v) is 6.86. The molecule has 0 spiro atoms. The van der Waals surface area contributed by atoms with Gasteiger partial charge in [-0.1, -0.05) is 6.92 Å². The number of anilines is 1. The monoisotopic (exact) mass is 289 g/mol. The molecule has 2 heterocycles. The molecule has 1 N–H and O–H groups in total. The molecule has 3 nitrogen and oxygen atoms in total. The van der Waals surface area contributed by atoms with Crippen molar-refractivity contribution >= 4 is 27.2 Å². The highest BCUT2D eigenvalue weighted by molar-refractivity contribution is 7.18. The molecule has 0 aliphatic carbocycles. The molecule has 0 amide bonds. The van der Waals surface area contributed by atoms with Crippen LogP contribution in [-0.4, -0.2) is 35.6 Å². The van der Waals surface area contributed by atoms with Crippen LogP contribution in [0.2, 0.25) is 0 Å². The van der Waals surface area contributed by atoms with Gasteiger partial charge in [-0.15, -0.1) is 11.3 Å². The summed E-state index contributed by atoms with van der Waals surface area (Å²) in [4.78, 5) is 7.07. The Morgan fingerprint density at radius 1 is 1.35 bits per heavy atom. The van der Waals surface area contributed by atoms with Gasteiger partial charge in [0.15, 0.2) is 0 Å². The number of nitrogens with one attached hydrogen (secondary N) is 1. The molecule has 0 saturated carbocycles. The first-order valence-electron chi connectivity index (χ1n) is 7.60. The Morgan fingerprint density at radius 2 is 2.25 bits per heavy atom. The Morgan fingerprint density at radius 3 is 3.10 bits per heavy atom. The Balaban J connectivity index is 1.69. The fraction of sp³-hybridized carbons (Fsp3) is 0.562. The molecule has 0 radical (unpaired) electrons. The standard InChI is InChI=1S/C16H23N3S/c1-3-19-9-4-5-13(8-10-19)18-14-6-7-15-16(11-14)20-12(2)17-15/h6-7,11,13,18H,3-5,8-10H2,1-2H3. The zero-order valence-corrected chi connectivity index (χ0v) is 13.2. The van der Waals surface area contributed by atoms with E-state index in [0.29, 0.717) is 6.04 Å². The van der Waals surface area contributed by atoms with Crippen molar-refractivity contribution in [1.82, 2.24) is 9.88 Å². The summed E-state index contributed by atoms with van der Waals surface area (Å²) in [5.41, 5.74) is 2.37. The molecule has 1 atom stereocenters. The number of aryl methyl sites for hydroxylation is 1. The molecule has 1 aliphatic rings. The molecule has 3 rings (SSSR count). The SMILES string of the molecule is CCN1CCCC(Nc2ccc3nc(C)sc3c2)CC1. The van der Waals surface area contributed by atoms with E-state index in [1.807, 2.05) is 0 Å². The molecule has 1 aromatic heterocycles. The number of rotatable bonds is 3. The van der Waals surface area contributed by atoms with Crippen LogP contribution in [0.25, 0.3) is 10.2 Å². The maximum absolute atomic E-state index is 4.52. The van der Waals surface area contributed by atoms with Crippen LogP contribution in [0.15, 0.2) is 18.2 Å². The maximum atomic E-state index is 4.52. The smallest absolute Gasteiger partial charge is 0.0907 e. The number of benzene rings is 1. The van der Waals surface area contributed by atoms with Crippen LogP contribution < -0.4 is 5.32 Å². The number of hydrogen-bond donors (Lipinski definition) is 1. The van der Waals surface area contributed by atoms with Gasteiger partial charge in [0.1, 0.15) is 0 Å². The van der Waals surface area contributed by atoms with Crippen LogP contribution in [0.1, 0.15) is 31.2 Å². The van der Waals surface area contributed by atoms with Gasteiger partial charge in [0, 0.05) is 18.3 Å². The molecule has 1 aromatic carbocycles. The van der Waals surface area contributed by atoms with E-state index in [1.165, 1.54) is 49.3 Å². The highest BCUT2D eigenvalue weighted by atomic mass is 32.1. The molecule has 0 bridgehead atoms. The van der Waals surface area contributed by atoms with Gasteiger partial charge < -0.3 is 10.2 Å². The summed E-state index contributed by atoms with van der Waals surface area (Å²) in [6.45, 7) is 7.98. The van der Waals surface area contributed by atoms with Crippen LogP contribution in [0, 0.1) is 6.92 Å². The van der Waals surface area contributed by atoms with E-state index >= 15 is 0 Å². The lowest BCUT2D eigenvalue weighted by molar-refractivity contribution is 0.300. The van der Waals surface area contributed by atoms with Crippen LogP contribution >= 0.6 is 11.3 Å². The Bertz CT molecular complexity index is 578. The molecule has 108 valence electrons. The second-order valence-electron chi connectivity index (χ2n) is 5.62. The van der Waals surface area contributed by atoms with E-state index < -0.39 is 0 Å². The fourth-order valence-corrected chi connectivity index (χ4v) is 3.85. The summed E-state index contributed by atoms with van der Waals surface area (Å²) in [7, 11) is 0. The van der Waals surface area contributed by atoms with E-state index in [4.69, 9.17) is 0 Å². The van der Waals surface area contributed by atoms with Crippen LogP contribution in [0.3, 0.4) is 0 Å². The van der Waals surface area contributed by atoms with Crippen molar-refractivity contribution in [1.29, 1.82) is 0 Å². The number of likely N-dealkylation sites (tertiary alicyclic amines) is 1. The summed E-state index contributed by atoms with van der Waals surface area (Å²) < 4.78 is 1.29. The average Bonchev–Trinajstić information content (AvgIpc) is 2.66. The van der Waals surface area contributed by atoms with Gasteiger partial charge in [0.05, 0.1) is 15.2 Å². The lowest BCUT2D eigenvalue weighted by Crippen LogP contribution is -2.26. The Labute approximate surface area is 125 Å². The van der Waals surface area contributed by atoms with Gasteiger partial charge in [0.2, 0.25) is 0 Å². The van der Waals surface area contributed by atoms with Crippen LogP contribution in [0.4, 0.5) is 5.69 Å². The predicted molar refractivity (Wildman–Crippen MR) is 87.7 cm³/mol. The summed E-state index contributed by atoms with van der Waals surface area (Å²) in [6.07, 6.45) is 3.82. The minimum Gasteiger partial charge on any atom is -0.382 e. The van der Waals surface area contributed by atoms with Crippen molar-refractivity contribution in [3.8, 4) is 0 Å². The largest absolute Gasteiger partial charge is 0.382 e. The van der Waals surface area contributed by atoms with Gasteiger partial charge in [-0.25, -0.2) is 4.98 Å². The fourth-order valence-electron chi connectivity index (χ4n) is 2.98. The molecule has 4 heteroatoms. The minimum absolute atomic E-state index is 0.609. The van der Waals surface area contributed by atoms with E-state index in [2.05, 4.69) is 47.2 Å². The number of hydrogen-bond acceptors (Lipinski definition) is 4. The van der Waals surface area contributed by atoms with Gasteiger partial charge in [-0.3, -0.25) is 0 Å². The predicted octanol–water partition coefficient (Wildman–Crippen LogP) is 3.89. The first-order valence-corrected chi connectivity index (χ1v) is 8.42. The molecular weight excluding hydrogens is 266 g/mol. The third-order valence-electron chi connectivity index (χ3n) is 4.13. The van der Waals surface area contributed by atoms with E-state index in [0.717, 1.165) is 10.5 Å². The Hall–Kier alpha value is -1.13. The third-order valence-corrected chi connectivity index (χ3v) is 5.07. The van der Waals surface area contributed by atoms with Crippen molar-refractivity contribution < 1.29 is 0 Å². The molecule has 20 heavy (non-hydrogen) atoms. The lowest BCUT2D eigenvalue weighted by Gasteiger charge is -2.19. The molecular formula is C16H23N3S. The summed E-state index contributed by atoms with van der Waals surface area (Å²) in [5, 5.41) is 4.86. The third kappa shape index (κ3) is 3.13. The first-order chi connectivity index (χ1) is 9.74. The summed E-state index contributed by atoms with van der Waals surface area (Å²) in [6, 6.07) is 7.17. The number of thiazole rings is 1. The van der Waals surface area contributed by atoms with E-state index in [1.54, 1.807) is 11.3 Å². The topological polar surface area (TPSA) is 28.2 Å². The number of aromatic nitrogens is 1. The average molecular weight is 289 g/mol. The summed E-state index contributed by atoms with van der Waals surface area (Å²) >= 11 is 1.78. The molecule has 1 aliphatic heterocycles. The van der Waals surface area contributed by atoms with Crippen molar-refractivity contribution in [2.24, 2.45) is 0 Å². The number of nitrogens with zero attached hydrogens (tertiary/aromatic N) is 2. The van der Waals surface area contributed by atoms with Crippen LogP contribution in [0.5, 0.6) is 0 Å². The van der Waals surface area contributed by atoms with Crippen molar-refractivity contribution in [2.75, 3.05) is 25.0 Å². The quantitative estimate of drug-likeness (QED) is 0.929. The Kier molecular flexibility index (Phi) is 4.22. The first kappa shape index (κ1) is 13.8. The molecule has 1 saturated heterocycles. The van der Waals surface area contributed by atoms with E-state index in [9.17, 15) is 0 Å². The van der Waals surface area contributed by atoms with Crippen molar-refractivity contribution in [2.45, 2.75) is 39.2 Å². The van der Waals surface area contributed by atoms with Gasteiger partial charge >= 0.3 is 0 Å². The normalized spacial score (nSPS) is 21.0. The minimum atomic E-state index is 0.609. The van der Waals surface area contributed by atoms with Gasteiger partial charge in [-0.05, 0) is 57.5 Å². The zero-order chi connectivity index (χ0) is 13.9. The second kappa shape index (κ2) is 6.10. The van der Waals surface area contributed by atoms with Gasteiger partial charge in [0.25, 0.3) is 0 Å². The van der Waals surface area contributed by atoms with Crippen LogP contribution in [-0.2, 0) is 0 Å².